The maximum Gasteiger partial charge on any atom is 0.251 e. The molecule has 3 aromatic rings. The molecule has 2 saturated heterocycles. The monoisotopic (exact) mass is 553 g/mol. The van der Waals surface area contributed by atoms with Gasteiger partial charge in [-0.15, -0.1) is 0 Å². The standard InChI is InChI=1S/C32H28ClN3O4/c1-3-15-40-25-13-7-4-9-20(25)28(37)26-24-12-8-14-36(24)32(22-17-19(33)16-18(2)27(22)35-30(32)39)31(26)21-10-5-6-11-23(21)34-29(31)38/h3-7,9-11,13,16-17,24,26H,1,8,12,14-15H2,2H3,(H,34,38)(H,35,39)/t24-,26-,31+,32-/m0/s1. The smallest absolute Gasteiger partial charge is 0.251 e. The molecule has 0 radical (unpaired) electrons. The van der Waals surface area contributed by atoms with E-state index in [1.54, 1.807) is 36.4 Å². The summed E-state index contributed by atoms with van der Waals surface area (Å²) >= 11 is 6.63. The lowest BCUT2D eigenvalue weighted by Gasteiger charge is -2.43. The van der Waals surface area contributed by atoms with Crippen LogP contribution in [-0.2, 0) is 20.5 Å². The summed E-state index contributed by atoms with van der Waals surface area (Å²) in [5.74, 6) is -1.32. The third-order valence-corrected chi connectivity index (χ3v) is 9.38. The van der Waals surface area contributed by atoms with Gasteiger partial charge in [0.1, 0.15) is 23.3 Å². The largest absolute Gasteiger partial charge is 0.489 e. The second kappa shape index (κ2) is 8.78. The number of benzene rings is 3. The number of ether oxygens (including phenoxy) is 1. The Bertz CT molecular complexity index is 1640. The van der Waals surface area contributed by atoms with Crippen molar-refractivity contribution in [2.45, 2.75) is 36.8 Å². The van der Waals surface area contributed by atoms with E-state index in [4.69, 9.17) is 16.3 Å². The van der Waals surface area contributed by atoms with Crippen LogP contribution in [0.3, 0.4) is 0 Å². The number of anilines is 2. The van der Waals surface area contributed by atoms with Gasteiger partial charge in [-0.1, -0.05) is 54.6 Å². The number of nitrogens with zero attached hydrogens (tertiary/aromatic N) is 1. The van der Waals surface area contributed by atoms with E-state index in [2.05, 4.69) is 22.1 Å². The molecule has 40 heavy (non-hydrogen) atoms. The number of nitrogens with one attached hydrogen (secondary N) is 2. The molecule has 0 saturated carbocycles. The minimum Gasteiger partial charge on any atom is -0.489 e. The van der Waals surface area contributed by atoms with E-state index in [0.29, 0.717) is 51.8 Å². The predicted molar refractivity (Wildman–Crippen MR) is 153 cm³/mol. The number of Topliss-reactive ketones (excluding diaryl/α,β-unsaturated/α-hetero) is 1. The minimum atomic E-state index is -1.54. The Balaban J connectivity index is 1.57. The summed E-state index contributed by atoms with van der Waals surface area (Å²) < 4.78 is 5.90. The van der Waals surface area contributed by atoms with Crippen molar-refractivity contribution in [2.24, 2.45) is 5.92 Å². The Labute approximate surface area is 237 Å². The molecule has 2 amide bonds. The van der Waals surface area contributed by atoms with E-state index >= 15 is 0 Å². The van der Waals surface area contributed by atoms with Crippen LogP contribution in [0.4, 0.5) is 11.4 Å². The van der Waals surface area contributed by atoms with Gasteiger partial charge in [0.15, 0.2) is 5.78 Å². The fourth-order valence-corrected chi connectivity index (χ4v) is 8.20. The molecular formula is C32H28ClN3O4. The van der Waals surface area contributed by atoms with Crippen LogP contribution in [0.25, 0.3) is 0 Å². The summed E-state index contributed by atoms with van der Waals surface area (Å²) in [7, 11) is 0. The molecule has 202 valence electrons. The Hall–Kier alpha value is -3.94. The lowest BCUT2D eigenvalue weighted by atomic mass is 9.57. The van der Waals surface area contributed by atoms with Crippen molar-refractivity contribution >= 4 is 40.6 Å². The van der Waals surface area contributed by atoms with E-state index in [9.17, 15) is 14.4 Å². The van der Waals surface area contributed by atoms with Crippen molar-refractivity contribution in [3.63, 3.8) is 0 Å². The molecule has 4 aliphatic rings. The summed E-state index contributed by atoms with van der Waals surface area (Å²) in [6, 6.07) is 17.8. The van der Waals surface area contributed by atoms with Crippen molar-refractivity contribution in [3.8, 4) is 5.75 Å². The topological polar surface area (TPSA) is 87.7 Å². The lowest BCUT2D eigenvalue weighted by Crippen LogP contribution is -2.62. The van der Waals surface area contributed by atoms with Gasteiger partial charge >= 0.3 is 0 Å². The highest BCUT2D eigenvalue weighted by atomic mass is 35.5. The summed E-state index contributed by atoms with van der Waals surface area (Å²) in [6.07, 6.45) is 3.10. The fraction of sp³-hybridized carbons (Fsp3) is 0.281. The molecular weight excluding hydrogens is 526 g/mol. The summed E-state index contributed by atoms with van der Waals surface area (Å²) in [4.78, 5) is 46.2. The molecule has 7 nitrogen and oxygen atoms in total. The zero-order valence-electron chi connectivity index (χ0n) is 22.0. The quantitative estimate of drug-likeness (QED) is 0.334. The second-order valence-corrected chi connectivity index (χ2v) is 11.4. The van der Waals surface area contributed by atoms with Gasteiger partial charge in [-0.2, -0.15) is 0 Å². The van der Waals surface area contributed by atoms with Crippen LogP contribution in [0.2, 0.25) is 5.02 Å². The molecule has 0 aliphatic carbocycles. The Morgan fingerprint density at radius 1 is 1.10 bits per heavy atom. The maximum absolute atomic E-state index is 14.9. The van der Waals surface area contributed by atoms with Crippen molar-refractivity contribution in [2.75, 3.05) is 23.8 Å². The van der Waals surface area contributed by atoms with Gasteiger partial charge in [-0.25, -0.2) is 0 Å². The van der Waals surface area contributed by atoms with Gasteiger partial charge in [-0.3, -0.25) is 19.3 Å². The first-order chi connectivity index (χ1) is 19.4. The number of halogens is 1. The average Bonchev–Trinajstić information content (AvgIpc) is 3.66. The molecule has 8 heteroatoms. The molecule has 3 aromatic carbocycles. The van der Waals surface area contributed by atoms with Crippen LogP contribution in [0.5, 0.6) is 5.75 Å². The van der Waals surface area contributed by atoms with Crippen LogP contribution in [0.1, 0.15) is 39.9 Å². The van der Waals surface area contributed by atoms with Gasteiger partial charge in [0, 0.05) is 28.0 Å². The van der Waals surface area contributed by atoms with Gasteiger partial charge in [0.2, 0.25) is 5.91 Å². The Morgan fingerprint density at radius 2 is 1.88 bits per heavy atom. The molecule has 0 aromatic heterocycles. The Kier molecular flexibility index (Phi) is 5.50. The van der Waals surface area contributed by atoms with Gasteiger partial charge < -0.3 is 15.4 Å². The first kappa shape index (κ1) is 25.1. The number of hydrogen-bond acceptors (Lipinski definition) is 5. The molecule has 2 N–H and O–H groups in total. The number of para-hydroxylation sites is 2. The molecule has 0 unspecified atom stereocenters. The molecule has 4 heterocycles. The van der Waals surface area contributed by atoms with Crippen molar-refractivity contribution in [3.05, 3.63) is 101 Å². The number of fused-ring (bicyclic) bond motifs is 7. The highest BCUT2D eigenvalue weighted by Crippen LogP contribution is 2.68. The number of carbonyl (C=O) groups excluding carboxylic acids is 3. The first-order valence-electron chi connectivity index (χ1n) is 13.5. The van der Waals surface area contributed by atoms with E-state index in [1.807, 2.05) is 37.3 Å². The highest BCUT2D eigenvalue weighted by Gasteiger charge is 2.81. The van der Waals surface area contributed by atoms with Crippen LogP contribution in [0.15, 0.2) is 73.3 Å². The molecule has 2 spiro atoms. The molecule has 7 rings (SSSR count). The van der Waals surface area contributed by atoms with E-state index < -0.39 is 16.9 Å². The van der Waals surface area contributed by atoms with Crippen LogP contribution in [-0.4, -0.2) is 41.7 Å². The van der Waals surface area contributed by atoms with Crippen molar-refractivity contribution in [1.82, 2.24) is 4.90 Å². The Morgan fingerprint density at radius 3 is 2.70 bits per heavy atom. The third-order valence-electron chi connectivity index (χ3n) is 9.16. The van der Waals surface area contributed by atoms with Gasteiger partial charge in [0.25, 0.3) is 5.91 Å². The van der Waals surface area contributed by atoms with Crippen LogP contribution < -0.4 is 15.4 Å². The van der Waals surface area contributed by atoms with E-state index in [1.165, 1.54) is 0 Å². The summed E-state index contributed by atoms with van der Waals surface area (Å²) in [6.45, 7) is 6.43. The highest BCUT2D eigenvalue weighted by molar-refractivity contribution is 6.31. The number of aryl methyl sites for hydroxylation is 1. The van der Waals surface area contributed by atoms with Crippen molar-refractivity contribution < 1.29 is 19.1 Å². The molecule has 4 atom stereocenters. The van der Waals surface area contributed by atoms with Gasteiger partial charge in [-0.05, 0) is 67.8 Å². The number of amides is 2. The number of rotatable bonds is 5. The summed E-state index contributed by atoms with van der Waals surface area (Å²) in [5.41, 5.74) is 0.752. The number of hydrogen-bond donors (Lipinski definition) is 2. The van der Waals surface area contributed by atoms with Crippen molar-refractivity contribution in [1.29, 1.82) is 0 Å². The van der Waals surface area contributed by atoms with Gasteiger partial charge in [0.05, 0.1) is 11.5 Å². The van der Waals surface area contributed by atoms with E-state index in [0.717, 1.165) is 12.0 Å². The zero-order chi connectivity index (χ0) is 27.8. The minimum absolute atomic E-state index is 0.222. The lowest BCUT2D eigenvalue weighted by molar-refractivity contribution is -0.137. The number of ketones is 1. The molecule has 2 fully saturated rings. The molecule has 4 aliphatic heterocycles. The average molecular weight is 554 g/mol. The molecule has 0 bridgehead atoms. The predicted octanol–water partition coefficient (Wildman–Crippen LogP) is 5.23. The zero-order valence-corrected chi connectivity index (χ0v) is 22.8. The van der Waals surface area contributed by atoms with Crippen LogP contribution in [0, 0.1) is 12.8 Å². The van der Waals surface area contributed by atoms with E-state index in [-0.39, 0.29) is 30.2 Å². The third kappa shape index (κ3) is 2.91. The fourth-order valence-electron chi connectivity index (χ4n) is 7.92. The van der Waals surface area contributed by atoms with Crippen LogP contribution >= 0.6 is 11.6 Å². The normalized spacial score (nSPS) is 27.9. The first-order valence-corrected chi connectivity index (χ1v) is 13.9. The summed E-state index contributed by atoms with van der Waals surface area (Å²) in [5, 5.41) is 6.65. The second-order valence-electron chi connectivity index (χ2n) is 11.0. The maximum atomic E-state index is 14.9. The SMILES string of the molecule is C=CCOc1ccccc1C(=O)[C@@H]1[C@@H]2CCCN2[C@@]2(C(=O)Nc3c(C)cc(Cl)cc32)[C@@]12C(=O)Nc1ccccc12. The number of carbonyl (C=O) groups is 3.